The number of para-hydroxylation sites is 2. The zero-order valence-corrected chi connectivity index (χ0v) is 20.1. The molecule has 0 aliphatic carbocycles. The molecule has 0 aliphatic rings. The molecular weight excluding hydrogens is 462 g/mol. The number of alkyl carbamates (subject to hydrolysis) is 1. The summed E-state index contributed by atoms with van der Waals surface area (Å²) in [6.45, 7) is 0.1000. The molecule has 0 saturated carbocycles. The predicted octanol–water partition coefficient (Wildman–Crippen LogP) is 6.23. The summed E-state index contributed by atoms with van der Waals surface area (Å²) in [6, 6.07) is 35.3. The molecule has 2 atom stereocenters. The lowest BCUT2D eigenvalue weighted by Crippen LogP contribution is -2.48. The normalized spacial score (nSPS) is 12.4. The molecule has 0 saturated heterocycles. The number of ether oxygens (including phenoxy) is 1. The molecule has 0 aliphatic heterocycles. The van der Waals surface area contributed by atoms with E-state index in [1.54, 1.807) is 0 Å². The van der Waals surface area contributed by atoms with Crippen molar-refractivity contribution in [3.05, 3.63) is 138 Å². The maximum atomic E-state index is 13.8. The van der Waals surface area contributed by atoms with E-state index in [0.29, 0.717) is 5.69 Å². The Morgan fingerprint density at radius 3 is 2.11 bits per heavy atom. The number of amides is 2. The van der Waals surface area contributed by atoms with Gasteiger partial charge < -0.3 is 20.4 Å². The van der Waals surface area contributed by atoms with Crippen LogP contribution in [0.5, 0.6) is 0 Å². The highest BCUT2D eigenvalue weighted by Gasteiger charge is 2.34. The third-order valence-corrected chi connectivity index (χ3v) is 6.26. The molecule has 1 aromatic heterocycles. The van der Waals surface area contributed by atoms with Gasteiger partial charge in [0.15, 0.2) is 0 Å². The second kappa shape index (κ2) is 11.3. The fourth-order valence-corrected chi connectivity index (χ4v) is 4.50. The SMILES string of the molecule is O=C(N[C@H](C(=O)Nc1ccccc1)[C@H](c1ccccc1)c1c[nH]c2ccccc12)OCc1ccccc1. The average Bonchev–Trinajstić information content (AvgIpc) is 3.37. The van der Waals surface area contributed by atoms with Gasteiger partial charge in [0.2, 0.25) is 5.91 Å². The van der Waals surface area contributed by atoms with E-state index in [1.165, 1.54) is 0 Å². The van der Waals surface area contributed by atoms with Crippen LogP contribution in [0, 0.1) is 0 Å². The zero-order chi connectivity index (χ0) is 25.5. The second-order valence-corrected chi connectivity index (χ2v) is 8.72. The third-order valence-electron chi connectivity index (χ3n) is 6.26. The molecule has 37 heavy (non-hydrogen) atoms. The van der Waals surface area contributed by atoms with E-state index in [-0.39, 0.29) is 12.5 Å². The number of nitrogens with one attached hydrogen (secondary N) is 3. The van der Waals surface area contributed by atoms with Gasteiger partial charge in [-0.3, -0.25) is 4.79 Å². The van der Waals surface area contributed by atoms with Gasteiger partial charge in [0, 0.05) is 28.7 Å². The van der Waals surface area contributed by atoms with E-state index in [9.17, 15) is 9.59 Å². The number of aromatic amines is 1. The van der Waals surface area contributed by atoms with Gasteiger partial charge in [0.25, 0.3) is 0 Å². The summed E-state index contributed by atoms with van der Waals surface area (Å²) in [5, 5.41) is 6.81. The molecule has 184 valence electrons. The van der Waals surface area contributed by atoms with Gasteiger partial charge in [-0.05, 0) is 34.9 Å². The van der Waals surface area contributed by atoms with Crippen LogP contribution in [0.4, 0.5) is 10.5 Å². The number of aromatic nitrogens is 1. The molecule has 6 heteroatoms. The van der Waals surface area contributed by atoms with Crippen LogP contribution in [0.15, 0.2) is 121 Å². The smallest absolute Gasteiger partial charge is 0.408 e. The van der Waals surface area contributed by atoms with Crippen molar-refractivity contribution < 1.29 is 14.3 Å². The largest absolute Gasteiger partial charge is 0.445 e. The minimum atomic E-state index is -0.954. The molecule has 0 unspecified atom stereocenters. The molecule has 3 N–H and O–H groups in total. The fourth-order valence-electron chi connectivity index (χ4n) is 4.50. The summed E-state index contributed by atoms with van der Waals surface area (Å²) in [6.07, 6.45) is 1.24. The summed E-state index contributed by atoms with van der Waals surface area (Å²) in [5.74, 6) is -0.827. The van der Waals surface area contributed by atoms with E-state index < -0.39 is 18.1 Å². The van der Waals surface area contributed by atoms with E-state index in [2.05, 4.69) is 15.6 Å². The first-order chi connectivity index (χ1) is 18.2. The van der Waals surface area contributed by atoms with Crippen LogP contribution >= 0.6 is 0 Å². The number of H-pyrrole nitrogens is 1. The Hall–Kier alpha value is -4.84. The van der Waals surface area contributed by atoms with Crippen LogP contribution in [0.2, 0.25) is 0 Å². The third kappa shape index (κ3) is 5.70. The Kier molecular flexibility index (Phi) is 7.27. The van der Waals surface area contributed by atoms with Gasteiger partial charge in [0.1, 0.15) is 12.6 Å². The first kappa shape index (κ1) is 23.9. The van der Waals surface area contributed by atoms with Crippen molar-refractivity contribution in [1.29, 1.82) is 0 Å². The number of carbonyl (C=O) groups excluding carboxylic acids is 2. The van der Waals surface area contributed by atoms with Crippen LogP contribution in [0.1, 0.15) is 22.6 Å². The molecule has 2 amide bonds. The number of hydrogen-bond donors (Lipinski definition) is 3. The highest BCUT2D eigenvalue weighted by molar-refractivity contribution is 5.98. The highest BCUT2D eigenvalue weighted by Crippen LogP contribution is 2.34. The van der Waals surface area contributed by atoms with Crippen LogP contribution in [0.25, 0.3) is 10.9 Å². The number of benzene rings is 4. The van der Waals surface area contributed by atoms with Gasteiger partial charge >= 0.3 is 6.09 Å². The van der Waals surface area contributed by atoms with E-state index in [4.69, 9.17) is 4.74 Å². The second-order valence-electron chi connectivity index (χ2n) is 8.72. The lowest BCUT2D eigenvalue weighted by Gasteiger charge is -2.27. The van der Waals surface area contributed by atoms with Gasteiger partial charge in [0.05, 0.1) is 0 Å². The van der Waals surface area contributed by atoms with Gasteiger partial charge in [-0.15, -0.1) is 0 Å². The lowest BCUT2D eigenvalue weighted by molar-refractivity contribution is -0.118. The van der Waals surface area contributed by atoms with Crippen molar-refractivity contribution in [2.24, 2.45) is 0 Å². The van der Waals surface area contributed by atoms with Crippen LogP contribution < -0.4 is 10.6 Å². The molecule has 4 aromatic carbocycles. The summed E-state index contributed by atoms with van der Waals surface area (Å²) >= 11 is 0. The quantitative estimate of drug-likeness (QED) is 0.241. The van der Waals surface area contributed by atoms with Gasteiger partial charge in [-0.2, -0.15) is 0 Å². The molecule has 1 heterocycles. The van der Waals surface area contributed by atoms with Crippen molar-refractivity contribution in [2.75, 3.05) is 5.32 Å². The van der Waals surface area contributed by atoms with Crippen molar-refractivity contribution in [3.8, 4) is 0 Å². The van der Waals surface area contributed by atoms with Crippen LogP contribution in [-0.4, -0.2) is 23.0 Å². The zero-order valence-electron chi connectivity index (χ0n) is 20.1. The number of carbonyl (C=O) groups is 2. The van der Waals surface area contributed by atoms with E-state index >= 15 is 0 Å². The fraction of sp³-hybridized carbons (Fsp3) is 0.0968. The Morgan fingerprint density at radius 1 is 0.757 bits per heavy atom. The molecule has 6 nitrogen and oxygen atoms in total. The Labute approximate surface area is 215 Å². The molecule has 0 spiro atoms. The van der Waals surface area contributed by atoms with E-state index in [1.807, 2.05) is 121 Å². The summed E-state index contributed by atoms with van der Waals surface area (Å²) in [7, 11) is 0. The summed E-state index contributed by atoms with van der Waals surface area (Å²) in [5.41, 5.74) is 4.25. The summed E-state index contributed by atoms with van der Waals surface area (Å²) in [4.78, 5) is 30.1. The minimum absolute atomic E-state index is 0.1000. The first-order valence-electron chi connectivity index (χ1n) is 12.1. The molecule has 0 bridgehead atoms. The Morgan fingerprint density at radius 2 is 1.38 bits per heavy atom. The number of fused-ring (bicyclic) bond motifs is 1. The Balaban J connectivity index is 1.51. The molecule has 0 fully saturated rings. The number of rotatable bonds is 8. The van der Waals surface area contributed by atoms with Crippen LogP contribution in [0.3, 0.4) is 0 Å². The maximum absolute atomic E-state index is 13.8. The molecule has 0 radical (unpaired) electrons. The number of anilines is 1. The molecular formula is C31H27N3O3. The topological polar surface area (TPSA) is 83.2 Å². The number of hydrogen-bond acceptors (Lipinski definition) is 3. The molecule has 5 rings (SSSR count). The van der Waals surface area contributed by atoms with E-state index in [0.717, 1.165) is 27.6 Å². The average molecular weight is 490 g/mol. The first-order valence-corrected chi connectivity index (χ1v) is 12.1. The molecule has 5 aromatic rings. The van der Waals surface area contributed by atoms with Crippen molar-refractivity contribution in [3.63, 3.8) is 0 Å². The van der Waals surface area contributed by atoms with Crippen molar-refractivity contribution >= 4 is 28.6 Å². The summed E-state index contributed by atoms with van der Waals surface area (Å²) < 4.78 is 5.51. The standard InChI is InChI=1S/C31H27N3O3/c35-30(33-24-16-8-3-9-17-24)29(34-31(36)37-21-22-12-4-1-5-13-22)28(23-14-6-2-7-15-23)26-20-32-27-19-11-10-18-25(26)27/h1-20,28-29,32H,21H2,(H,33,35)(H,34,36)/t28-,29+/m1/s1. The monoisotopic (exact) mass is 489 g/mol. The van der Waals surface area contributed by atoms with Crippen LogP contribution in [-0.2, 0) is 16.1 Å². The predicted molar refractivity (Wildman–Crippen MR) is 145 cm³/mol. The van der Waals surface area contributed by atoms with Gasteiger partial charge in [-0.1, -0.05) is 97.1 Å². The lowest BCUT2D eigenvalue weighted by atomic mass is 9.84. The van der Waals surface area contributed by atoms with Gasteiger partial charge in [-0.25, -0.2) is 4.79 Å². The minimum Gasteiger partial charge on any atom is -0.445 e. The Bertz CT molecular complexity index is 1470. The van der Waals surface area contributed by atoms with Crippen molar-refractivity contribution in [2.45, 2.75) is 18.6 Å². The van der Waals surface area contributed by atoms with Crippen molar-refractivity contribution in [1.82, 2.24) is 10.3 Å². The highest BCUT2D eigenvalue weighted by atomic mass is 16.5. The maximum Gasteiger partial charge on any atom is 0.408 e.